The third-order valence-electron chi connectivity index (χ3n) is 2.65. The molecule has 0 amide bonds. The first kappa shape index (κ1) is 13.1. The highest BCUT2D eigenvalue weighted by atomic mass is 35.5. The second-order valence-corrected chi connectivity index (χ2v) is 4.57. The van der Waals surface area contributed by atoms with Crippen LogP contribution in [-0.4, -0.2) is 21.3 Å². The van der Waals surface area contributed by atoms with Gasteiger partial charge in [0.1, 0.15) is 12.2 Å². The van der Waals surface area contributed by atoms with Gasteiger partial charge in [0.25, 0.3) is 0 Å². The number of halogens is 1. The summed E-state index contributed by atoms with van der Waals surface area (Å²) in [7, 11) is 0. The molecule has 0 fully saturated rings. The van der Waals surface area contributed by atoms with Gasteiger partial charge in [-0.2, -0.15) is 5.10 Å². The van der Waals surface area contributed by atoms with Crippen LogP contribution in [0.5, 0.6) is 0 Å². The van der Waals surface area contributed by atoms with E-state index >= 15 is 0 Å². The Morgan fingerprint density at radius 3 is 2.78 bits per heavy atom. The number of hydrogen-bond acceptors (Lipinski definition) is 3. The highest BCUT2D eigenvalue weighted by Gasteiger charge is 2.04. The van der Waals surface area contributed by atoms with Crippen molar-refractivity contribution in [1.82, 2.24) is 20.1 Å². The Morgan fingerprint density at radius 2 is 2.06 bits per heavy atom. The molecular formula is C13H17ClN4. The lowest BCUT2D eigenvalue weighted by Gasteiger charge is -2.07. The van der Waals surface area contributed by atoms with Gasteiger partial charge in [-0.1, -0.05) is 30.7 Å². The number of rotatable bonds is 6. The summed E-state index contributed by atoms with van der Waals surface area (Å²) in [6, 6.07) is 7.80. The second-order valence-electron chi connectivity index (χ2n) is 4.14. The summed E-state index contributed by atoms with van der Waals surface area (Å²) < 4.78 is 1.91. The van der Waals surface area contributed by atoms with Crippen LogP contribution >= 0.6 is 11.6 Å². The second kappa shape index (κ2) is 6.52. The van der Waals surface area contributed by atoms with Crippen molar-refractivity contribution in [2.45, 2.75) is 26.4 Å². The molecule has 0 aliphatic carbocycles. The van der Waals surface area contributed by atoms with Gasteiger partial charge in [-0.15, -0.1) is 0 Å². The average Bonchev–Trinajstić information content (AvgIpc) is 2.80. The van der Waals surface area contributed by atoms with Crippen LogP contribution in [0, 0.1) is 0 Å². The van der Waals surface area contributed by atoms with Crippen LogP contribution in [0.1, 0.15) is 24.7 Å². The molecule has 0 bridgehead atoms. The molecule has 1 aromatic heterocycles. The van der Waals surface area contributed by atoms with Crippen LogP contribution in [0.25, 0.3) is 0 Å². The normalized spacial score (nSPS) is 10.8. The van der Waals surface area contributed by atoms with Crippen molar-refractivity contribution in [1.29, 1.82) is 0 Å². The third kappa shape index (κ3) is 3.55. The van der Waals surface area contributed by atoms with E-state index in [1.807, 2.05) is 28.9 Å². The maximum Gasteiger partial charge on any atom is 0.141 e. The zero-order valence-corrected chi connectivity index (χ0v) is 11.2. The van der Waals surface area contributed by atoms with Gasteiger partial charge >= 0.3 is 0 Å². The molecule has 2 aromatic rings. The molecule has 0 spiro atoms. The van der Waals surface area contributed by atoms with Gasteiger partial charge in [-0.3, -0.25) is 0 Å². The van der Waals surface area contributed by atoms with E-state index in [-0.39, 0.29) is 0 Å². The maximum absolute atomic E-state index is 5.86. The Kier molecular flexibility index (Phi) is 4.73. The molecule has 0 saturated carbocycles. The van der Waals surface area contributed by atoms with E-state index in [1.54, 1.807) is 6.33 Å². The fourth-order valence-electron chi connectivity index (χ4n) is 1.70. The van der Waals surface area contributed by atoms with Crippen LogP contribution in [0.15, 0.2) is 30.6 Å². The summed E-state index contributed by atoms with van der Waals surface area (Å²) in [4.78, 5) is 4.27. The van der Waals surface area contributed by atoms with Gasteiger partial charge in [0.05, 0.1) is 13.1 Å². The standard InChI is InChI=1S/C13H17ClN4/c1-2-7-15-8-13-16-10-17-18(13)9-11-3-5-12(14)6-4-11/h3-6,10,15H,2,7-9H2,1H3. The quantitative estimate of drug-likeness (QED) is 0.815. The van der Waals surface area contributed by atoms with Gasteiger partial charge < -0.3 is 5.32 Å². The smallest absolute Gasteiger partial charge is 0.141 e. The van der Waals surface area contributed by atoms with Gasteiger partial charge in [0.15, 0.2) is 0 Å². The number of nitrogens with one attached hydrogen (secondary N) is 1. The molecule has 0 unspecified atom stereocenters. The van der Waals surface area contributed by atoms with E-state index in [4.69, 9.17) is 11.6 Å². The van der Waals surface area contributed by atoms with Gasteiger partial charge in [-0.25, -0.2) is 9.67 Å². The Labute approximate surface area is 112 Å². The molecule has 2 rings (SSSR count). The first-order chi connectivity index (χ1) is 8.79. The molecule has 18 heavy (non-hydrogen) atoms. The molecule has 96 valence electrons. The summed E-state index contributed by atoms with van der Waals surface area (Å²) in [5, 5.41) is 8.33. The average molecular weight is 265 g/mol. The summed E-state index contributed by atoms with van der Waals surface area (Å²) in [6.07, 6.45) is 2.71. The van der Waals surface area contributed by atoms with E-state index in [0.29, 0.717) is 0 Å². The van der Waals surface area contributed by atoms with E-state index < -0.39 is 0 Å². The molecule has 1 aromatic carbocycles. The molecule has 0 saturated heterocycles. The number of aromatic nitrogens is 3. The van der Waals surface area contributed by atoms with Crippen molar-refractivity contribution in [2.24, 2.45) is 0 Å². The first-order valence-corrected chi connectivity index (χ1v) is 6.49. The lowest BCUT2D eigenvalue weighted by Crippen LogP contribution is -2.18. The van der Waals surface area contributed by atoms with E-state index in [2.05, 4.69) is 22.3 Å². The number of nitrogens with zero attached hydrogens (tertiary/aromatic N) is 3. The van der Waals surface area contributed by atoms with E-state index in [1.165, 1.54) is 5.56 Å². The monoisotopic (exact) mass is 264 g/mol. The molecule has 1 heterocycles. The highest BCUT2D eigenvalue weighted by Crippen LogP contribution is 2.10. The van der Waals surface area contributed by atoms with Crippen molar-refractivity contribution in [3.8, 4) is 0 Å². The van der Waals surface area contributed by atoms with Crippen LogP contribution in [0.2, 0.25) is 5.02 Å². The lowest BCUT2D eigenvalue weighted by atomic mass is 10.2. The van der Waals surface area contributed by atoms with Crippen LogP contribution in [-0.2, 0) is 13.1 Å². The van der Waals surface area contributed by atoms with E-state index in [0.717, 1.165) is 36.9 Å². The largest absolute Gasteiger partial charge is 0.310 e. The Balaban J connectivity index is 2.00. The van der Waals surface area contributed by atoms with Gasteiger partial charge in [-0.05, 0) is 30.7 Å². The Hall–Kier alpha value is -1.39. The molecule has 4 nitrogen and oxygen atoms in total. The molecule has 1 N–H and O–H groups in total. The summed E-state index contributed by atoms with van der Waals surface area (Å²) in [5.41, 5.74) is 1.17. The fraction of sp³-hybridized carbons (Fsp3) is 0.385. The Morgan fingerprint density at radius 1 is 1.28 bits per heavy atom. The zero-order chi connectivity index (χ0) is 12.8. The topological polar surface area (TPSA) is 42.7 Å². The van der Waals surface area contributed by atoms with E-state index in [9.17, 15) is 0 Å². The minimum Gasteiger partial charge on any atom is -0.310 e. The molecule has 0 radical (unpaired) electrons. The lowest BCUT2D eigenvalue weighted by molar-refractivity contribution is 0.583. The van der Waals surface area contributed by atoms with Crippen LogP contribution in [0.3, 0.4) is 0 Å². The molecule has 5 heteroatoms. The summed E-state index contributed by atoms with van der Waals surface area (Å²) in [6.45, 7) is 4.61. The first-order valence-electron chi connectivity index (χ1n) is 6.11. The van der Waals surface area contributed by atoms with Gasteiger partial charge in [0.2, 0.25) is 0 Å². The number of benzene rings is 1. The van der Waals surface area contributed by atoms with Crippen molar-refractivity contribution in [2.75, 3.05) is 6.54 Å². The van der Waals surface area contributed by atoms with Crippen molar-refractivity contribution in [3.05, 3.63) is 47.0 Å². The van der Waals surface area contributed by atoms with Crippen LogP contribution in [0.4, 0.5) is 0 Å². The zero-order valence-electron chi connectivity index (χ0n) is 10.4. The fourth-order valence-corrected chi connectivity index (χ4v) is 1.82. The molecule has 0 atom stereocenters. The Bertz CT molecular complexity index is 478. The number of hydrogen-bond donors (Lipinski definition) is 1. The molecule has 0 aliphatic heterocycles. The van der Waals surface area contributed by atoms with Crippen LogP contribution < -0.4 is 5.32 Å². The molecule has 0 aliphatic rings. The van der Waals surface area contributed by atoms with Crippen molar-refractivity contribution in [3.63, 3.8) is 0 Å². The summed E-state index contributed by atoms with van der Waals surface area (Å²) in [5.74, 6) is 0.957. The SMILES string of the molecule is CCCNCc1ncnn1Cc1ccc(Cl)cc1. The van der Waals surface area contributed by atoms with Crippen molar-refractivity contribution >= 4 is 11.6 Å². The van der Waals surface area contributed by atoms with Crippen molar-refractivity contribution < 1.29 is 0 Å². The minimum absolute atomic E-state index is 0.723. The maximum atomic E-state index is 5.86. The predicted octanol–water partition coefficient (Wildman–Crippen LogP) is 2.48. The highest BCUT2D eigenvalue weighted by molar-refractivity contribution is 6.30. The molecular weight excluding hydrogens is 248 g/mol. The third-order valence-corrected chi connectivity index (χ3v) is 2.90. The van der Waals surface area contributed by atoms with Gasteiger partial charge in [0, 0.05) is 5.02 Å². The minimum atomic E-state index is 0.723. The summed E-state index contributed by atoms with van der Waals surface area (Å²) >= 11 is 5.86. The predicted molar refractivity (Wildman–Crippen MR) is 72.6 cm³/mol.